The van der Waals surface area contributed by atoms with Crippen LogP contribution in [0.2, 0.25) is 0 Å². The van der Waals surface area contributed by atoms with E-state index in [9.17, 15) is 13.6 Å². The molecule has 0 saturated heterocycles. The van der Waals surface area contributed by atoms with Gasteiger partial charge >= 0.3 is 0 Å². The molecule has 1 rings (SSSR count). The highest BCUT2D eigenvalue weighted by Gasteiger charge is 2.19. The van der Waals surface area contributed by atoms with E-state index in [0.29, 0.717) is 0 Å². The molecule has 1 aromatic rings. The zero-order chi connectivity index (χ0) is 10.0. The van der Waals surface area contributed by atoms with Crippen LogP contribution in [0, 0.1) is 0 Å². The van der Waals surface area contributed by atoms with E-state index in [1.807, 2.05) is 0 Å². The summed E-state index contributed by atoms with van der Waals surface area (Å²) in [5.41, 5.74) is 3.60. The van der Waals surface area contributed by atoms with Gasteiger partial charge in [-0.3, -0.25) is 4.79 Å². The Bertz CT molecular complexity index is 342. The fourth-order valence-corrected chi connectivity index (χ4v) is 0.860. The second-order valence-corrected chi connectivity index (χ2v) is 2.28. The third kappa shape index (κ3) is 1.56. The van der Waals surface area contributed by atoms with Crippen molar-refractivity contribution in [2.45, 2.75) is 6.43 Å². The Morgan fingerprint density at radius 2 is 2.23 bits per heavy atom. The fourth-order valence-electron chi connectivity index (χ4n) is 0.860. The van der Waals surface area contributed by atoms with Crippen molar-refractivity contribution in [2.75, 3.05) is 5.73 Å². The molecule has 1 heterocycles. The Morgan fingerprint density at radius 3 is 2.69 bits per heavy atom. The predicted octanol–water partition coefficient (Wildman–Crippen LogP) is 1.12. The SMILES string of the molecule is Nc1cnc(C=O)c(O)c1C(F)F. The first-order chi connectivity index (χ1) is 6.07. The van der Waals surface area contributed by atoms with Crippen molar-refractivity contribution in [2.24, 2.45) is 0 Å². The lowest BCUT2D eigenvalue weighted by atomic mass is 10.2. The third-order valence-corrected chi connectivity index (χ3v) is 1.48. The Balaban J connectivity index is 3.38. The molecule has 0 aliphatic carbocycles. The predicted molar refractivity (Wildman–Crippen MR) is 40.7 cm³/mol. The van der Waals surface area contributed by atoms with Gasteiger partial charge in [-0.05, 0) is 0 Å². The number of anilines is 1. The van der Waals surface area contributed by atoms with Crippen molar-refractivity contribution in [3.8, 4) is 5.75 Å². The quantitative estimate of drug-likeness (QED) is 0.682. The highest BCUT2D eigenvalue weighted by atomic mass is 19.3. The van der Waals surface area contributed by atoms with E-state index in [0.717, 1.165) is 6.20 Å². The molecule has 0 aliphatic rings. The van der Waals surface area contributed by atoms with Gasteiger partial charge in [-0.15, -0.1) is 0 Å². The maximum Gasteiger partial charge on any atom is 0.269 e. The summed E-state index contributed by atoms with van der Waals surface area (Å²) in [6.07, 6.45) is -1.84. The molecule has 3 N–H and O–H groups in total. The molecule has 0 aliphatic heterocycles. The zero-order valence-corrected chi connectivity index (χ0v) is 6.37. The molecular weight excluding hydrogens is 182 g/mol. The minimum atomic E-state index is -2.93. The first-order valence-corrected chi connectivity index (χ1v) is 3.28. The van der Waals surface area contributed by atoms with Crippen LogP contribution in [0.25, 0.3) is 0 Å². The number of alkyl halides is 2. The number of halogens is 2. The van der Waals surface area contributed by atoms with Gasteiger partial charge in [0.1, 0.15) is 5.69 Å². The fraction of sp³-hybridized carbons (Fsp3) is 0.143. The molecule has 1 aromatic heterocycles. The molecule has 13 heavy (non-hydrogen) atoms. The van der Waals surface area contributed by atoms with E-state index < -0.39 is 23.4 Å². The Morgan fingerprint density at radius 1 is 1.62 bits per heavy atom. The number of rotatable bonds is 2. The number of aromatic nitrogens is 1. The van der Waals surface area contributed by atoms with Gasteiger partial charge in [-0.1, -0.05) is 0 Å². The van der Waals surface area contributed by atoms with Gasteiger partial charge in [0.2, 0.25) is 0 Å². The molecule has 70 valence electrons. The third-order valence-electron chi connectivity index (χ3n) is 1.48. The summed E-state index contributed by atoms with van der Waals surface area (Å²) in [6, 6.07) is 0. The van der Waals surface area contributed by atoms with Crippen LogP contribution in [0.1, 0.15) is 22.5 Å². The summed E-state index contributed by atoms with van der Waals surface area (Å²) in [6.45, 7) is 0. The summed E-state index contributed by atoms with van der Waals surface area (Å²) < 4.78 is 24.4. The second kappa shape index (κ2) is 3.34. The average Bonchev–Trinajstić information content (AvgIpc) is 2.04. The summed E-state index contributed by atoms with van der Waals surface area (Å²) in [7, 11) is 0. The molecule has 0 amide bonds. The van der Waals surface area contributed by atoms with Crippen LogP contribution < -0.4 is 5.73 Å². The lowest BCUT2D eigenvalue weighted by molar-refractivity contribution is 0.111. The minimum Gasteiger partial charge on any atom is -0.505 e. The van der Waals surface area contributed by atoms with E-state index in [-0.39, 0.29) is 12.0 Å². The summed E-state index contributed by atoms with van der Waals surface area (Å²) >= 11 is 0. The number of carbonyl (C=O) groups is 1. The van der Waals surface area contributed by atoms with Gasteiger partial charge in [-0.2, -0.15) is 0 Å². The lowest BCUT2D eigenvalue weighted by Crippen LogP contribution is -2.00. The zero-order valence-electron chi connectivity index (χ0n) is 6.37. The largest absolute Gasteiger partial charge is 0.505 e. The molecule has 0 bridgehead atoms. The minimum absolute atomic E-state index is 0.181. The van der Waals surface area contributed by atoms with E-state index in [2.05, 4.69) is 4.98 Å². The van der Waals surface area contributed by atoms with Crippen LogP contribution in [0.3, 0.4) is 0 Å². The molecule has 6 heteroatoms. The van der Waals surface area contributed by atoms with Gasteiger partial charge in [0.05, 0.1) is 17.4 Å². The van der Waals surface area contributed by atoms with E-state index in [1.165, 1.54) is 0 Å². The monoisotopic (exact) mass is 188 g/mol. The van der Waals surface area contributed by atoms with Gasteiger partial charge in [0, 0.05) is 0 Å². The number of pyridine rings is 1. The molecule has 0 radical (unpaired) electrons. The lowest BCUT2D eigenvalue weighted by Gasteiger charge is -2.07. The smallest absolute Gasteiger partial charge is 0.269 e. The molecule has 0 fully saturated rings. The van der Waals surface area contributed by atoms with Crippen LogP contribution in [0.15, 0.2) is 6.20 Å². The molecule has 0 spiro atoms. The van der Waals surface area contributed by atoms with Crippen LogP contribution in [0.4, 0.5) is 14.5 Å². The number of aldehydes is 1. The van der Waals surface area contributed by atoms with Gasteiger partial charge in [0.15, 0.2) is 12.0 Å². The van der Waals surface area contributed by atoms with E-state index >= 15 is 0 Å². The van der Waals surface area contributed by atoms with Gasteiger partial charge < -0.3 is 10.8 Å². The summed E-state index contributed by atoms with van der Waals surface area (Å²) in [5, 5.41) is 9.09. The van der Waals surface area contributed by atoms with Crippen LogP contribution in [0.5, 0.6) is 5.75 Å². The van der Waals surface area contributed by atoms with Crippen LogP contribution in [-0.2, 0) is 0 Å². The molecule has 0 aromatic carbocycles. The standard InChI is InChI=1S/C7H6F2N2O2/c8-7(9)5-3(10)1-11-4(2-12)6(5)13/h1-2,7,13H,10H2. The highest BCUT2D eigenvalue weighted by Crippen LogP contribution is 2.33. The van der Waals surface area contributed by atoms with Crippen molar-refractivity contribution < 1.29 is 18.7 Å². The number of carbonyl (C=O) groups excluding carboxylic acids is 1. The van der Waals surface area contributed by atoms with E-state index in [1.54, 1.807) is 0 Å². The second-order valence-electron chi connectivity index (χ2n) is 2.28. The van der Waals surface area contributed by atoms with Gasteiger partial charge in [0.25, 0.3) is 6.43 Å². The molecule has 0 unspecified atom stereocenters. The Kier molecular flexibility index (Phi) is 2.41. The van der Waals surface area contributed by atoms with Gasteiger partial charge in [-0.25, -0.2) is 13.8 Å². The number of hydrogen-bond donors (Lipinski definition) is 2. The maximum absolute atomic E-state index is 12.2. The number of hydrogen-bond acceptors (Lipinski definition) is 4. The molecule has 0 saturated carbocycles. The number of nitrogen functional groups attached to an aromatic ring is 1. The molecular formula is C7H6F2N2O2. The Hall–Kier alpha value is -1.72. The molecule has 0 atom stereocenters. The maximum atomic E-state index is 12.2. The summed E-state index contributed by atoms with van der Waals surface area (Å²) in [4.78, 5) is 13.6. The number of nitrogens with zero attached hydrogens (tertiary/aromatic N) is 1. The van der Waals surface area contributed by atoms with Crippen molar-refractivity contribution in [3.05, 3.63) is 17.5 Å². The van der Waals surface area contributed by atoms with Crippen LogP contribution >= 0.6 is 0 Å². The average molecular weight is 188 g/mol. The van der Waals surface area contributed by atoms with Crippen molar-refractivity contribution in [1.82, 2.24) is 4.98 Å². The highest BCUT2D eigenvalue weighted by molar-refractivity contribution is 5.78. The van der Waals surface area contributed by atoms with Crippen molar-refractivity contribution in [1.29, 1.82) is 0 Å². The van der Waals surface area contributed by atoms with Crippen LogP contribution in [-0.4, -0.2) is 16.4 Å². The Labute approximate surface area is 72.0 Å². The normalized spacial score (nSPS) is 10.4. The summed E-state index contributed by atoms with van der Waals surface area (Å²) in [5.74, 6) is -0.856. The topological polar surface area (TPSA) is 76.2 Å². The first kappa shape index (κ1) is 9.37. The number of nitrogens with two attached hydrogens (primary N) is 1. The van der Waals surface area contributed by atoms with Crippen molar-refractivity contribution >= 4 is 12.0 Å². The first-order valence-electron chi connectivity index (χ1n) is 3.28. The molecule has 4 nitrogen and oxygen atoms in total. The van der Waals surface area contributed by atoms with E-state index in [4.69, 9.17) is 10.8 Å². The number of aromatic hydroxyl groups is 1. The van der Waals surface area contributed by atoms with Crippen molar-refractivity contribution in [3.63, 3.8) is 0 Å².